The topological polar surface area (TPSA) is 294 Å². The van der Waals surface area contributed by atoms with Crippen LogP contribution < -0.4 is 35.4 Å². The molecule has 5 heterocycles. The number of hydrogen-bond donors (Lipinski definition) is 2. The molecule has 42 heteroatoms. The second kappa shape index (κ2) is 43.7. The molecule has 16 aromatic rings. The molecule has 683 valence electrons. The van der Waals surface area contributed by atoms with Crippen LogP contribution in [0, 0.1) is 99.7 Å². The minimum absolute atomic E-state index is 0. The lowest BCUT2D eigenvalue weighted by Gasteiger charge is -2.16. The highest BCUT2D eigenvalue weighted by Crippen LogP contribution is 2.38. The fourth-order valence-electron chi connectivity index (χ4n) is 13.1. The van der Waals surface area contributed by atoms with Crippen molar-refractivity contribution in [1.29, 1.82) is 0 Å². The van der Waals surface area contributed by atoms with Gasteiger partial charge in [-0.1, -0.05) is 81.1 Å². The largest absolute Gasteiger partial charge is 0.569 e. The Hall–Kier alpha value is -11.8. The number of nitrogens with zero attached hydrogens (tertiary/aromatic N) is 7. The van der Waals surface area contributed by atoms with Crippen LogP contribution in [0.1, 0.15) is 39.2 Å². The Morgan fingerprint density at radius 2 is 0.720 bits per heavy atom. The zero-order valence-corrected chi connectivity index (χ0v) is 80.0. The van der Waals surface area contributed by atoms with E-state index in [1.54, 1.807) is 104 Å². The van der Waals surface area contributed by atoms with Crippen molar-refractivity contribution in [2.45, 2.75) is 62.0 Å². The van der Waals surface area contributed by atoms with E-state index in [0.29, 0.717) is 67.8 Å². The highest BCUT2D eigenvalue weighted by atomic mass is 79.9. The van der Waals surface area contributed by atoms with Gasteiger partial charge in [-0.25, -0.2) is 54.7 Å². The van der Waals surface area contributed by atoms with Crippen LogP contribution in [0.25, 0.3) is 72.0 Å². The van der Waals surface area contributed by atoms with E-state index < -0.39 is 121 Å². The minimum Gasteiger partial charge on any atom is -0.537 e. The summed E-state index contributed by atoms with van der Waals surface area (Å²) >= 11 is 21.4. The standard InChI is InChI=1S/C29H17ClF5NO4S.C28H22ClN3O3S.C22H11BrF5NO4S.C7H7BClO2.C4H5N3.3H3P/c1-14-3-6-18(30)13-20(14)16-4-8-21(15(2)11-16)36-22-9-7-19(12-17(22)5-10-23(36)37)41(38,39)40-29-27(34)25(32)24(31)26(33)28(29)35;1-18-4-7-22(29)16-24(18)20-5-9-25(19(2)14-20)32-26-10-8-23(15-21(26)6-11-28(32)33)36(34,35)17-27-30-12-3-13-31-27;1-10-8-12(23)3-5-14(10)29-15-6-4-13(9-11(15)2-7-16(29)30)34(31,32)33-22-20(27)18(25)17(24)19(26)21(22)28;1-5-2-3-6(9)4-7(5)11-8-10;5-4-6-2-1-3-7-4;;;/h3-13H,1-2H3;3-16H,17H2,1-2H3;2-9H,1H3;2-4,10H,1H3;1-3H,(H2,5,6,7);3*1H3. The van der Waals surface area contributed by atoms with Crippen molar-refractivity contribution in [1.82, 2.24) is 33.6 Å². The summed E-state index contributed by atoms with van der Waals surface area (Å²) in [7, 11) is -13.1. The number of nitrogens with two attached hydrogens (primary N) is 1. The van der Waals surface area contributed by atoms with Crippen molar-refractivity contribution in [2.24, 2.45) is 0 Å². The molecule has 11 aromatic carbocycles. The molecule has 0 aliphatic heterocycles. The number of fused-ring (bicyclic) bond motifs is 3. The maximum absolute atomic E-state index is 14.0. The summed E-state index contributed by atoms with van der Waals surface area (Å²) < 4.78 is 232. The Morgan fingerprint density at radius 1 is 0.386 bits per heavy atom. The van der Waals surface area contributed by atoms with E-state index in [1.807, 2.05) is 94.4 Å². The Labute approximate surface area is 781 Å². The molecule has 5 aromatic heterocycles. The number of nitrogen functional groups attached to an aromatic ring is 1. The molecule has 0 saturated carbocycles. The number of anilines is 1. The molecular formula is C90H71BBrCl3F10N8O13P3S3. The van der Waals surface area contributed by atoms with Gasteiger partial charge in [0.1, 0.15) is 27.1 Å². The lowest BCUT2D eigenvalue weighted by atomic mass is 9.98. The first kappa shape index (κ1) is 104. The summed E-state index contributed by atoms with van der Waals surface area (Å²) in [6.07, 6.45) is 6.22. The molecule has 0 fully saturated rings. The third-order valence-corrected chi connectivity index (χ3v) is 24.7. The molecule has 21 nitrogen and oxygen atoms in total. The maximum atomic E-state index is 14.0. The van der Waals surface area contributed by atoms with Crippen molar-refractivity contribution in [3.05, 3.63) is 385 Å². The van der Waals surface area contributed by atoms with E-state index in [1.165, 1.54) is 70.1 Å². The number of pyridine rings is 3. The van der Waals surface area contributed by atoms with Gasteiger partial charge in [0.15, 0.2) is 9.84 Å². The molecule has 1 radical (unpaired) electrons. The number of rotatable bonds is 16. The zero-order valence-electron chi connectivity index (χ0n) is 69.5. The highest BCUT2D eigenvalue weighted by molar-refractivity contribution is 9.10. The number of halogens is 14. The van der Waals surface area contributed by atoms with Gasteiger partial charge in [0, 0.05) is 78.7 Å². The van der Waals surface area contributed by atoms with Crippen molar-refractivity contribution < 1.29 is 87.2 Å². The Morgan fingerprint density at radius 3 is 1.08 bits per heavy atom. The summed E-state index contributed by atoms with van der Waals surface area (Å²) in [5, 5.41) is 11.2. The van der Waals surface area contributed by atoms with E-state index in [9.17, 15) is 83.5 Å². The summed E-state index contributed by atoms with van der Waals surface area (Å²) in [5.41, 5.74) is 16.2. The normalized spacial score (nSPS) is 11.1. The summed E-state index contributed by atoms with van der Waals surface area (Å²) in [4.78, 5) is 52.7. The van der Waals surface area contributed by atoms with Gasteiger partial charge in [-0.05, 0) is 261 Å². The lowest BCUT2D eigenvalue weighted by molar-refractivity contribution is 0.346. The smallest absolute Gasteiger partial charge is 0.537 e. The molecule has 3 atom stereocenters. The molecule has 3 unspecified atom stereocenters. The first-order valence-electron chi connectivity index (χ1n) is 37.4. The third kappa shape index (κ3) is 23.3. The summed E-state index contributed by atoms with van der Waals surface area (Å²) in [6, 6.07) is 55.8. The second-order valence-electron chi connectivity index (χ2n) is 28.1. The van der Waals surface area contributed by atoms with Gasteiger partial charge in [-0.2, -0.15) is 64.1 Å². The average Bonchev–Trinajstić information content (AvgIpc) is 0.764. The number of hydrogen-bond acceptors (Lipinski definition) is 18. The molecule has 0 spiro atoms. The van der Waals surface area contributed by atoms with Gasteiger partial charge < -0.3 is 23.8 Å². The van der Waals surface area contributed by atoms with Crippen LogP contribution in [0.2, 0.25) is 15.1 Å². The number of aryl methyl sites for hydroxylation is 6. The van der Waals surface area contributed by atoms with Gasteiger partial charge in [0.25, 0.3) is 16.7 Å². The Balaban J connectivity index is 0.000000201. The molecule has 0 amide bonds. The lowest BCUT2D eigenvalue weighted by Crippen LogP contribution is -2.19. The maximum Gasteiger partial charge on any atom is 0.569 e. The van der Waals surface area contributed by atoms with Gasteiger partial charge in [-0.3, -0.25) is 28.1 Å². The molecule has 0 bridgehead atoms. The third-order valence-electron chi connectivity index (χ3n) is 19.4. The van der Waals surface area contributed by atoms with E-state index >= 15 is 0 Å². The van der Waals surface area contributed by atoms with Crippen molar-refractivity contribution >= 4 is 157 Å². The molecule has 3 N–H and O–H groups in total. The number of aromatic nitrogens is 7. The van der Waals surface area contributed by atoms with Crippen molar-refractivity contribution in [3.8, 4) is 56.6 Å². The number of sulfone groups is 1. The predicted octanol–water partition coefficient (Wildman–Crippen LogP) is 20.4. The predicted molar refractivity (Wildman–Crippen MR) is 506 cm³/mol. The summed E-state index contributed by atoms with van der Waals surface area (Å²) in [5.74, 6) is -27.2. The van der Waals surface area contributed by atoms with Crippen LogP contribution in [0.3, 0.4) is 0 Å². The van der Waals surface area contributed by atoms with Crippen molar-refractivity contribution in [3.63, 3.8) is 0 Å². The number of benzene rings is 11. The van der Waals surface area contributed by atoms with E-state index in [0.717, 1.165) is 84.5 Å². The van der Waals surface area contributed by atoms with Crippen LogP contribution in [0.15, 0.2) is 271 Å². The second-order valence-corrected chi connectivity index (χ2v) is 35.4. The monoisotopic (exact) mass is 2050 g/mol. The van der Waals surface area contributed by atoms with Crippen LogP contribution in [0.4, 0.5) is 49.9 Å². The molecule has 0 aliphatic rings. The average molecular weight is 2050 g/mol. The Bertz CT molecular complexity index is 7670. The quantitative estimate of drug-likeness (QED) is 0.0227. The van der Waals surface area contributed by atoms with E-state index in [-0.39, 0.29) is 68.0 Å². The van der Waals surface area contributed by atoms with Crippen LogP contribution >= 0.6 is 80.4 Å². The van der Waals surface area contributed by atoms with Gasteiger partial charge in [0.2, 0.25) is 75.6 Å². The van der Waals surface area contributed by atoms with Crippen LogP contribution in [0.5, 0.6) is 17.2 Å². The zero-order chi connectivity index (χ0) is 93.6. The Kier molecular flexibility index (Phi) is 34.4. The first-order chi connectivity index (χ1) is 61.1. The molecule has 16 rings (SSSR count). The molecule has 0 saturated heterocycles. The first-order valence-corrected chi connectivity index (χ1v) is 43.8. The van der Waals surface area contributed by atoms with Gasteiger partial charge >= 0.3 is 27.9 Å². The molecule has 132 heavy (non-hydrogen) atoms. The van der Waals surface area contributed by atoms with Crippen LogP contribution in [-0.2, 0) is 35.8 Å². The fraction of sp³-hybridized carbons (Fsp3) is 0.0778. The SMILES string of the molecule is Cc1cc(Br)ccc1-n1c(=O)ccc2cc(S(=O)(=O)Oc3c(F)c(F)c(F)c(F)c3F)ccc21.Cc1ccc(Cl)cc1-c1ccc(-n2c(=O)ccc3cc(S(=O)(=O)Cc4ncccn4)ccc32)c(C)c1.Cc1ccc(Cl)cc1-c1ccc(-n2c(=O)ccc3cc(S(=O)(=O)Oc4c(F)c(F)c(F)c(F)c4F)ccc32)c(C)c1.Cc1ccc(Cl)cc1O[B]O.Nc1ncccn1.P.P.P. The van der Waals surface area contributed by atoms with Crippen molar-refractivity contribution in [2.75, 3.05) is 5.73 Å². The molecule has 0 aliphatic carbocycles. The minimum atomic E-state index is -5.07. The van der Waals surface area contributed by atoms with E-state index in [2.05, 4.69) is 44.2 Å². The van der Waals surface area contributed by atoms with Gasteiger partial charge in [0.05, 0.1) is 38.5 Å². The van der Waals surface area contributed by atoms with Crippen LogP contribution in [-0.4, -0.2) is 71.6 Å². The van der Waals surface area contributed by atoms with E-state index in [4.69, 9.17) is 50.2 Å². The molecular weight excluding hydrogens is 1980 g/mol. The fourth-order valence-corrected chi connectivity index (χ4v) is 17.3. The van der Waals surface area contributed by atoms with Gasteiger partial charge in [-0.15, -0.1) is 0 Å². The highest BCUT2D eigenvalue weighted by Gasteiger charge is 2.34. The summed E-state index contributed by atoms with van der Waals surface area (Å²) in [6.45, 7) is 11.3.